The van der Waals surface area contributed by atoms with Gasteiger partial charge in [-0.05, 0) is 25.0 Å². The van der Waals surface area contributed by atoms with Gasteiger partial charge in [0.15, 0.2) is 0 Å². The summed E-state index contributed by atoms with van der Waals surface area (Å²) in [4.78, 5) is 29.9. The van der Waals surface area contributed by atoms with Gasteiger partial charge in [0, 0.05) is 25.8 Å². The maximum Gasteiger partial charge on any atom is 0.261 e. The van der Waals surface area contributed by atoms with Crippen LogP contribution >= 0.6 is 0 Å². The fraction of sp³-hybridized carbons (Fsp3) is 0.438. The van der Waals surface area contributed by atoms with E-state index in [2.05, 4.69) is 4.85 Å². The Labute approximate surface area is 118 Å². The molecule has 0 atom stereocenters. The number of fused-ring (bicyclic) bond motifs is 1. The lowest BCUT2D eigenvalue weighted by Gasteiger charge is -2.33. The summed E-state index contributed by atoms with van der Waals surface area (Å²) in [5, 5.41) is 0. The van der Waals surface area contributed by atoms with Crippen LogP contribution in [0.3, 0.4) is 0 Å². The van der Waals surface area contributed by atoms with Gasteiger partial charge >= 0.3 is 0 Å². The third kappa shape index (κ3) is 1.82. The van der Waals surface area contributed by atoms with E-state index in [9.17, 15) is 9.59 Å². The Kier molecular flexibility index (Phi) is 2.86. The maximum absolute atomic E-state index is 12.4. The predicted molar refractivity (Wildman–Crippen MR) is 74.2 cm³/mol. The van der Waals surface area contributed by atoms with Gasteiger partial charge in [-0.15, -0.1) is 0 Å². The summed E-state index contributed by atoms with van der Waals surface area (Å²) >= 11 is 0. The molecule has 4 nitrogen and oxygen atoms in total. The van der Waals surface area contributed by atoms with Crippen molar-refractivity contribution in [3.8, 4) is 0 Å². The second-order valence-electron chi connectivity index (χ2n) is 5.87. The van der Waals surface area contributed by atoms with Gasteiger partial charge in [-0.3, -0.25) is 14.5 Å². The Hall–Kier alpha value is -2.15. The molecule has 20 heavy (non-hydrogen) atoms. The van der Waals surface area contributed by atoms with Gasteiger partial charge in [0.1, 0.15) is 0 Å². The third-order valence-electron chi connectivity index (χ3n) is 4.49. The molecule has 1 aliphatic heterocycles. The number of imide groups is 1. The molecule has 2 amide bonds. The first-order valence-electron chi connectivity index (χ1n) is 6.91. The van der Waals surface area contributed by atoms with Crippen molar-refractivity contribution < 1.29 is 9.59 Å². The number of hydrogen-bond donors (Lipinski definition) is 0. The highest BCUT2D eigenvalue weighted by molar-refractivity contribution is 6.21. The van der Waals surface area contributed by atoms with Crippen molar-refractivity contribution in [3.63, 3.8) is 0 Å². The molecule has 1 saturated carbocycles. The molecule has 0 saturated heterocycles. The van der Waals surface area contributed by atoms with E-state index < -0.39 is 0 Å². The van der Waals surface area contributed by atoms with Crippen LogP contribution in [0.1, 0.15) is 53.3 Å². The van der Waals surface area contributed by atoms with Gasteiger partial charge in [-0.25, -0.2) is 6.57 Å². The Bertz CT molecular complexity index is 587. The van der Waals surface area contributed by atoms with Gasteiger partial charge in [-0.2, -0.15) is 0 Å². The molecular weight excluding hydrogens is 252 g/mol. The van der Waals surface area contributed by atoms with Crippen molar-refractivity contribution in [2.24, 2.45) is 0 Å². The van der Waals surface area contributed by atoms with Crippen LogP contribution < -0.4 is 0 Å². The minimum Gasteiger partial charge on any atom is -0.311 e. The molecule has 1 heterocycles. The minimum atomic E-state index is -0.324. The molecule has 1 aromatic rings. The monoisotopic (exact) mass is 268 g/mol. The molecule has 0 aromatic heterocycles. The topological polar surface area (TPSA) is 41.7 Å². The average molecular weight is 268 g/mol. The quantitative estimate of drug-likeness (QED) is 0.580. The fourth-order valence-electron chi connectivity index (χ4n) is 3.13. The first kappa shape index (κ1) is 12.9. The summed E-state index contributed by atoms with van der Waals surface area (Å²) in [6, 6.07) is 6.93. The first-order chi connectivity index (χ1) is 9.56. The average Bonchev–Trinajstić information content (AvgIpc) is 2.73. The molecule has 1 fully saturated rings. The zero-order valence-corrected chi connectivity index (χ0v) is 11.4. The second-order valence-corrected chi connectivity index (χ2v) is 5.87. The van der Waals surface area contributed by atoms with Crippen molar-refractivity contribution in [1.82, 2.24) is 4.90 Å². The highest BCUT2D eigenvalue weighted by Gasteiger charge is 2.44. The fourth-order valence-corrected chi connectivity index (χ4v) is 3.13. The van der Waals surface area contributed by atoms with Crippen LogP contribution in [0.2, 0.25) is 0 Å². The predicted octanol–water partition coefficient (Wildman–Crippen LogP) is 2.90. The summed E-state index contributed by atoms with van der Waals surface area (Å²) in [5.74, 6) is -0.357. The number of hydrogen-bond acceptors (Lipinski definition) is 2. The van der Waals surface area contributed by atoms with Crippen molar-refractivity contribution in [1.29, 1.82) is 0 Å². The van der Waals surface area contributed by atoms with Crippen LogP contribution in [0.5, 0.6) is 0 Å². The molecule has 4 heteroatoms. The smallest absolute Gasteiger partial charge is 0.261 e. The molecule has 1 aliphatic carbocycles. The summed E-state index contributed by atoms with van der Waals surface area (Å²) in [5.41, 5.74) is 0.696. The zero-order chi connectivity index (χ0) is 14.3. The molecule has 0 bridgehead atoms. The van der Waals surface area contributed by atoms with Gasteiger partial charge < -0.3 is 4.85 Å². The number of carbonyl (C=O) groups is 2. The zero-order valence-electron chi connectivity index (χ0n) is 11.4. The minimum absolute atomic E-state index is 0.0581. The van der Waals surface area contributed by atoms with E-state index in [0.29, 0.717) is 11.1 Å². The largest absolute Gasteiger partial charge is 0.311 e. The SMILES string of the molecule is [C-]#[N+]C1(C)CCC(N2C(=O)c3ccccc3C2=O)CC1. The van der Waals surface area contributed by atoms with E-state index in [0.717, 1.165) is 25.7 Å². The number of carbonyl (C=O) groups excluding carboxylic acids is 2. The van der Waals surface area contributed by atoms with E-state index in [4.69, 9.17) is 6.57 Å². The van der Waals surface area contributed by atoms with Gasteiger partial charge in [0.2, 0.25) is 5.54 Å². The van der Waals surface area contributed by atoms with Gasteiger partial charge in [0.25, 0.3) is 11.8 Å². The lowest BCUT2D eigenvalue weighted by molar-refractivity contribution is 0.0532. The Morgan fingerprint density at radius 2 is 1.65 bits per heavy atom. The van der Waals surface area contributed by atoms with Crippen LogP contribution in [0, 0.1) is 6.57 Å². The number of benzene rings is 1. The standard InChI is InChI=1S/C16H16N2O2/c1-16(17-2)9-7-11(8-10-16)18-14(19)12-5-3-4-6-13(12)15(18)20/h3-6,11H,7-10H2,1H3. The van der Waals surface area contributed by atoms with E-state index in [1.54, 1.807) is 24.3 Å². The third-order valence-corrected chi connectivity index (χ3v) is 4.49. The summed E-state index contributed by atoms with van der Waals surface area (Å²) < 4.78 is 0. The van der Waals surface area contributed by atoms with Crippen molar-refractivity contribution in [2.45, 2.75) is 44.2 Å². The van der Waals surface area contributed by atoms with Crippen LogP contribution in [0.25, 0.3) is 4.85 Å². The summed E-state index contributed by atoms with van der Waals surface area (Å²) in [6.45, 7) is 9.19. The maximum atomic E-state index is 12.4. The first-order valence-corrected chi connectivity index (χ1v) is 6.91. The lowest BCUT2D eigenvalue weighted by Crippen LogP contribution is -2.44. The highest BCUT2D eigenvalue weighted by Crippen LogP contribution is 2.36. The number of rotatable bonds is 1. The molecule has 0 spiro atoms. The van der Waals surface area contributed by atoms with Crippen LogP contribution in [0.15, 0.2) is 24.3 Å². The molecule has 3 rings (SSSR count). The molecule has 1 aromatic carbocycles. The van der Waals surface area contributed by atoms with E-state index in [1.165, 1.54) is 4.90 Å². The molecule has 102 valence electrons. The van der Waals surface area contributed by atoms with Crippen molar-refractivity contribution >= 4 is 11.8 Å². The molecule has 2 aliphatic rings. The van der Waals surface area contributed by atoms with Crippen molar-refractivity contribution in [3.05, 3.63) is 46.8 Å². The highest BCUT2D eigenvalue weighted by atomic mass is 16.2. The second kappa shape index (κ2) is 4.45. The molecule has 0 unspecified atom stereocenters. The molecule has 0 N–H and O–H groups in total. The van der Waals surface area contributed by atoms with E-state index >= 15 is 0 Å². The summed E-state index contributed by atoms with van der Waals surface area (Å²) in [7, 11) is 0. The lowest BCUT2D eigenvalue weighted by atomic mass is 9.81. The number of amides is 2. The van der Waals surface area contributed by atoms with E-state index in [1.807, 2.05) is 6.92 Å². The van der Waals surface area contributed by atoms with Crippen LogP contribution in [-0.4, -0.2) is 28.3 Å². The Morgan fingerprint density at radius 3 is 2.10 bits per heavy atom. The Morgan fingerprint density at radius 1 is 1.15 bits per heavy atom. The molecular formula is C16H16N2O2. The molecule has 0 radical (unpaired) electrons. The van der Waals surface area contributed by atoms with E-state index in [-0.39, 0.29) is 23.4 Å². The van der Waals surface area contributed by atoms with Gasteiger partial charge in [0.05, 0.1) is 11.1 Å². The Balaban J connectivity index is 1.83. The van der Waals surface area contributed by atoms with Crippen LogP contribution in [-0.2, 0) is 0 Å². The van der Waals surface area contributed by atoms with Crippen LogP contribution in [0.4, 0.5) is 0 Å². The van der Waals surface area contributed by atoms with Crippen molar-refractivity contribution in [2.75, 3.05) is 0 Å². The van der Waals surface area contributed by atoms with Gasteiger partial charge in [-0.1, -0.05) is 12.1 Å². The normalized spacial score (nSPS) is 29.2. The summed E-state index contributed by atoms with van der Waals surface area (Å²) in [6.07, 6.45) is 2.94. The number of nitrogens with zero attached hydrogens (tertiary/aromatic N) is 2.